The lowest BCUT2D eigenvalue weighted by atomic mass is 10.1. The maximum absolute atomic E-state index is 12.1. The van der Waals surface area contributed by atoms with E-state index in [4.69, 9.17) is 14.0 Å². The van der Waals surface area contributed by atoms with Crippen molar-refractivity contribution in [3.05, 3.63) is 11.7 Å². The summed E-state index contributed by atoms with van der Waals surface area (Å²) < 4.78 is 15.8. The van der Waals surface area contributed by atoms with Crippen molar-refractivity contribution in [2.24, 2.45) is 0 Å². The van der Waals surface area contributed by atoms with Gasteiger partial charge in [-0.05, 0) is 27.7 Å². The minimum atomic E-state index is -0.552. The van der Waals surface area contributed by atoms with Gasteiger partial charge in [0, 0.05) is 6.42 Å². The summed E-state index contributed by atoms with van der Waals surface area (Å²) in [6.45, 7) is 7.92. The highest BCUT2D eigenvalue weighted by molar-refractivity contribution is 5.68. The van der Waals surface area contributed by atoms with E-state index in [2.05, 4.69) is 10.1 Å². The van der Waals surface area contributed by atoms with E-state index in [0.717, 1.165) is 0 Å². The third kappa shape index (κ3) is 3.44. The molecule has 7 nitrogen and oxygen atoms in total. The Kier molecular flexibility index (Phi) is 3.75. The molecule has 1 aromatic heterocycles. The van der Waals surface area contributed by atoms with Crippen LogP contribution in [0.5, 0.6) is 0 Å². The summed E-state index contributed by atoms with van der Waals surface area (Å²) in [4.78, 5) is 17.8. The van der Waals surface area contributed by atoms with Gasteiger partial charge >= 0.3 is 6.09 Å². The number of carbonyl (C=O) groups excluding carboxylic acids is 1. The number of amides is 1. The topological polar surface area (TPSA) is 77.7 Å². The van der Waals surface area contributed by atoms with Crippen LogP contribution in [0.25, 0.3) is 0 Å². The molecule has 0 aliphatic carbocycles. The average Bonchev–Trinajstić information content (AvgIpc) is 2.73. The molecule has 0 bridgehead atoms. The van der Waals surface area contributed by atoms with Gasteiger partial charge in [-0.15, -0.1) is 0 Å². The van der Waals surface area contributed by atoms with Crippen LogP contribution in [0.1, 0.15) is 44.9 Å². The molecule has 2 heterocycles. The van der Waals surface area contributed by atoms with Crippen LogP contribution in [0.2, 0.25) is 0 Å². The molecule has 0 spiro atoms. The average molecular weight is 269 g/mol. The van der Waals surface area contributed by atoms with Gasteiger partial charge in [0.25, 0.3) is 0 Å². The van der Waals surface area contributed by atoms with Crippen molar-refractivity contribution in [3.8, 4) is 0 Å². The fourth-order valence-corrected chi connectivity index (χ4v) is 1.81. The van der Waals surface area contributed by atoms with Crippen molar-refractivity contribution < 1.29 is 18.8 Å². The number of ether oxygens (including phenoxy) is 2. The van der Waals surface area contributed by atoms with E-state index in [9.17, 15) is 4.79 Å². The Hall–Kier alpha value is -1.63. The van der Waals surface area contributed by atoms with Gasteiger partial charge in [0.15, 0.2) is 5.82 Å². The predicted octanol–water partition coefficient (Wildman–Crippen LogP) is 2.03. The molecule has 1 aromatic rings. The van der Waals surface area contributed by atoms with Crippen molar-refractivity contribution in [3.63, 3.8) is 0 Å². The first kappa shape index (κ1) is 13.8. The molecule has 1 aliphatic heterocycles. The lowest BCUT2D eigenvalue weighted by molar-refractivity contribution is -0.0664. The van der Waals surface area contributed by atoms with Crippen LogP contribution in [-0.4, -0.2) is 40.1 Å². The second-order valence-electron chi connectivity index (χ2n) is 5.47. The first-order chi connectivity index (χ1) is 8.87. The van der Waals surface area contributed by atoms with Crippen molar-refractivity contribution in [1.82, 2.24) is 15.0 Å². The number of hydrogen-bond donors (Lipinski definition) is 0. The molecule has 1 aliphatic rings. The summed E-state index contributed by atoms with van der Waals surface area (Å²) in [6, 6.07) is -0.287. The normalized spacial score (nSPS) is 20.4. The van der Waals surface area contributed by atoms with Crippen molar-refractivity contribution in [2.75, 3.05) is 13.3 Å². The van der Waals surface area contributed by atoms with Crippen LogP contribution in [0.3, 0.4) is 0 Å². The Labute approximate surface area is 111 Å². The first-order valence-electron chi connectivity index (χ1n) is 6.24. The molecule has 1 saturated heterocycles. The Bertz CT molecular complexity index is 452. The van der Waals surface area contributed by atoms with E-state index in [1.807, 2.05) is 20.8 Å². The van der Waals surface area contributed by atoms with Gasteiger partial charge < -0.3 is 14.0 Å². The monoisotopic (exact) mass is 269 g/mol. The summed E-state index contributed by atoms with van der Waals surface area (Å²) >= 11 is 0. The number of aromatic nitrogens is 2. The third-order valence-corrected chi connectivity index (χ3v) is 2.60. The molecular formula is C12H19N3O4. The highest BCUT2D eigenvalue weighted by atomic mass is 16.6. The van der Waals surface area contributed by atoms with Crippen LogP contribution in [0.15, 0.2) is 4.52 Å². The molecule has 2 rings (SSSR count). The van der Waals surface area contributed by atoms with Gasteiger partial charge in [0.2, 0.25) is 5.89 Å². The van der Waals surface area contributed by atoms with E-state index < -0.39 is 11.7 Å². The fraction of sp³-hybridized carbons (Fsp3) is 0.750. The molecule has 0 N–H and O–H groups in total. The number of rotatable bonds is 1. The zero-order chi connectivity index (χ0) is 14.0. The molecule has 0 radical (unpaired) electrons. The van der Waals surface area contributed by atoms with Crippen molar-refractivity contribution >= 4 is 6.09 Å². The fourth-order valence-electron chi connectivity index (χ4n) is 1.81. The predicted molar refractivity (Wildman–Crippen MR) is 65.3 cm³/mol. The second kappa shape index (κ2) is 5.16. The van der Waals surface area contributed by atoms with Crippen LogP contribution in [-0.2, 0) is 9.47 Å². The minimum absolute atomic E-state index is 0.168. The minimum Gasteiger partial charge on any atom is -0.444 e. The molecule has 19 heavy (non-hydrogen) atoms. The van der Waals surface area contributed by atoms with Gasteiger partial charge in [0.05, 0.1) is 6.61 Å². The summed E-state index contributed by atoms with van der Waals surface area (Å²) in [6.07, 6.45) is 0.175. The maximum atomic E-state index is 12.1. The Morgan fingerprint density at radius 1 is 1.47 bits per heavy atom. The van der Waals surface area contributed by atoms with Crippen LogP contribution >= 0.6 is 0 Å². The molecule has 1 atom stereocenters. The van der Waals surface area contributed by atoms with Gasteiger partial charge in [-0.25, -0.2) is 4.79 Å². The molecule has 1 unspecified atom stereocenters. The molecule has 7 heteroatoms. The Balaban J connectivity index is 2.14. The summed E-state index contributed by atoms with van der Waals surface area (Å²) in [7, 11) is 0. The zero-order valence-corrected chi connectivity index (χ0v) is 11.7. The Morgan fingerprint density at radius 3 is 2.79 bits per heavy atom. The largest absolute Gasteiger partial charge is 0.444 e. The summed E-state index contributed by atoms with van der Waals surface area (Å²) in [5, 5.41) is 3.75. The highest BCUT2D eigenvalue weighted by Crippen LogP contribution is 2.28. The zero-order valence-electron chi connectivity index (χ0n) is 11.7. The lowest BCUT2D eigenvalue weighted by Crippen LogP contribution is -2.43. The smallest absolute Gasteiger partial charge is 0.412 e. The number of nitrogens with zero attached hydrogens (tertiary/aromatic N) is 3. The molecule has 1 fully saturated rings. The van der Waals surface area contributed by atoms with Crippen LogP contribution in [0, 0.1) is 6.92 Å². The Morgan fingerprint density at radius 2 is 2.21 bits per heavy atom. The number of hydrogen-bond acceptors (Lipinski definition) is 6. The highest BCUT2D eigenvalue weighted by Gasteiger charge is 2.35. The number of aryl methyl sites for hydroxylation is 1. The van der Waals surface area contributed by atoms with Gasteiger partial charge in [-0.3, -0.25) is 4.90 Å². The molecule has 106 valence electrons. The van der Waals surface area contributed by atoms with Gasteiger partial charge in [-0.2, -0.15) is 4.98 Å². The maximum Gasteiger partial charge on any atom is 0.412 e. The number of carbonyl (C=O) groups is 1. The van der Waals surface area contributed by atoms with Gasteiger partial charge in [-0.1, -0.05) is 5.16 Å². The quantitative estimate of drug-likeness (QED) is 0.776. The van der Waals surface area contributed by atoms with Crippen molar-refractivity contribution in [1.29, 1.82) is 0 Å². The molecular weight excluding hydrogens is 250 g/mol. The van der Waals surface area contributed by atoms with Gasteiger partial charge in [0.1, 0.15) is 18.4 Å². The van der Waals surface area contributed by atoms with E-state index in [-0.39, 0.29) is 12.8 Å². The molecule has 1 amide bonds. The van der Waals surface area contributed by atoms with E-state index in [0.29, 0.717) is 24.7 Å². The summed E-state index contributed by atoms with van der Waals surface area (Å²) in [5.41, 5.74) is -0.552. The van der Waals surface area contributed by atoms with Crippen LogP contribution in [0.4, 0.5) is 4.79 Å². The van der Waals surface area contributed by atoms with E-state index in [1.165, 1.54) is 4.90 Å². The first-order valence-corrected chi connectivity index (χ1v) is 6.24. The standard InChI is InChI=1S/C12H19N3O4/c1-8-13-10(19-14-8)9-5-6-17-7-15(9)11(16)18-12(2,3)4/h9H,5-7H2,1-4H3. The van der Waals surface area contributed by atoms with E-state index >= 15 is 0 Å². The van der Waals surface area contributed by atoms with Crippen molar-refractivity contribution in [2.45, 2.75) is 45.8 Å². The van der Waals surface area contributed by atoms with E-state index in [1.54, 1.807) is 6.92 Å². The second-order valence-corrected chi connectivity index (χ2v) is 5.47. The summed E-state index contributed by atoms with van der Waals surface area (Å²) in [5.74, 6) is 0.970. The molecule has 0 saturated carbocycles. The third-order valence-electron chi connectivity index (χ3n) is 2.60. The molecule has 0 aromatic carbocycles. The lowest BCUT2D eigenvalue weighted by Gasteiger charge is -2.34. The van der Waals surface area contributed by atoms with Crippen LogP contribution < -0.4 is 0 Å². The SMILES string of the molecule is Cc1noc(C2CCOCN2C(=O)OC(C)(C)C)n1.